The molecule has 0 amide bonds. The van der Waals surface area contributed by atoms with Crippen LogP contribution in [0, 0.1) is 21.4 Å². The lowest BCUT2D eigenvalue weighted by molar-refractivity contribution is -0.384. The molecule has 0 aliphatic carbocycles. The smallest absolute Gasteiger partial charge is 0.309 e. The van der Waals surface area contributed by atoms with Gasteiger partial charge in [0.1, 0.15) is 17.3 Å². The molecule has 1 fully saturated rings. The number of para-hydroxylation sites is 1. The van der Waals surface area contributed by atoms with Crippen molar-refractivity contribution < 1.29 is 4.92 Å². The van der Waals surface area contributed by atoms with Crippen LogP contribution in [-0.4, -0.2) is 35.5 Å². The average molecular weight is 274 g/mol. The summed E-state index contributed by atoms with van der Waals surface area (Å²) >= 11 is 0. The van der Waals surface area contributed by atoms with Gasteiger partial charge >= 0.3 is 5.69 Å². The zero-order valence-corrected chi connectivity index (χ0v) is 11.5. The summed E-state index contributed by atoms with van der Waals surface area (Å²) in [6, 6.07) is 7.07. The maximum absolute atomic E-state index is 11.1. The molecular formula is C14H18N4O2. The van der Waals surface area contributed by atoms with E-state index in [1.54, 1.807) is 12.1 Å². The first kappa shape index (κ1) is 14.3. The molecule has 1 aromatic carbocycles. The average Bonchev–Trinajstić information content (AvgIpc) is 2.91. The topological polar surface area (TPSA) is 82.2 Å². The largest absolute Gasteiger partial charge is 0.378 e. The van der Waals surface area contributed by atoms with Gasteiger partial charge in [-0.3, -0.25) is 15.0 Å². The summed E-state index contributed by atoms with van der Waals surface area (Å²) in [6.45, 7) is 4.87. The fraction of sp³-hybridized carbons (Fsp3) is 0.500. The Labute approximate surface area is 118 Å². The van der Waals surface area contributed by atoms with Crippen LogP contribution < -0.4 is 5.32 Å². The highest BCUT2D eigenvalue weighted by Gasteiger charge is 2.24. The Morgan fingerprint density at radius 1 is 1.60 bits per heavy atom. The van der Waals surface area contributed by atoms with E-state index in [9.17, 15) is 10.1 Å². The van der Waals surface area contributed by atoms with Gasteiger partial charge in [-0.1, -0.05) is 13.0 Å². The lowest BCUT2D eigenvalue weighted by Crippen LogP contribution is -2.34. The van der Waals surface area contributed by atoms with Gasteiger partial charge in [0, 0.05) is 12.6 Å². The van der Waals surface area contributed by atoms with E-state index in [4.69, 9.17) is 5.26 Å². The van der Waals surface area contributed by atoms with Crippen molar-refractivity contribution in [2.24, 2.45) is 0 Å². The molecule has 1 N–H and O–H groups in total. The summed E-state index contributed by atoms with van der Waals surface area (Å²) in [6.07, 6.45) is 2.27. The standard InChI is InChI=1S/C14H18N4O2/c1-2-17-8-4-6-12(17)10-16-13-7-3-5-11(9-15)14(13)18(19)20/h3,5,7,12,16H,2,4,6,8,10H2,1H3. The molecule has 1 unspecified atom stereocenters. The Morgan fingerprint density at radius 3 is 3.05 bits per heavy atom. The quantitative estimate of drug-likeness (QED) is 0.658. The van der Waals surface area contributed by atoms with Crippen molar-refractivity contribution in [1.29, 1.82) is 5.26 Å². The van der Waals surface area contributed by atoms with Gasteiger partial charge in [-0.2, -0.15) is 5.26 Å². The van der Waals surface area contributed by atoms with Crippen LogP contribution in [0.2, 0.25) is 0 Å². The molecule has 1 atom stereocenters. The van der Waals surface area contributed by atoms with E-state index in [-0.39, 0.29) is 11.3 Å². The van der Waals surface area contributed by atoms with Crippen LogP contribution in [0.25, 0.3) is 0 Å². The number of nitriles is 1. The van der Waals surface area contributed by atoms with Crippen molar-refractivity contribution in [3.05, 3.63) is 33.9 Å². The first-order chi connectivity index (χ1) is 9.67. The molecule has 0 radical (unpaired) electrons. The molecule has 0 spiro atoms. The monoisotopic (exact) mass is 274 g/mol. The maximum Gasteiger partial charge on any atom is 0.309 e. The van der Waals surface area contributed by atoms with Crippen LogP contribution in [0.4, 0.5) is 11.4 Å². The van der Waals surface area contributed by atoms with Gasteiger partial charge in [0.05, 0.1) is 4.92 Å². The van der Waals surface area contributed by atoms with Gasteiger partial charge < -0.3 is 5.32 Å². The summed E-state index contributed by atoms with van der Waals surface area (Å²) < 4.78 is 0. The predicted molar refractivity (Wildman–Crippen MR) is 76.6 cm³/mol. The normalized spacial score (nSPS) is 18.7. The third-order valence-corrected chi connectivity index (χ3v) is 3.77. The van der Waals surface area contributed by atoms with E-state index >= 15 is 0 Å². The van der Waals surface area contributed by atoms with E-state index in [2.05, 4.69) is 17.1 Å². The molecule has 1 aromatic rings. The van der Waals surface area contributed by atoms with Crippen molar-refractivity contribution in [3.63, 3.8) is 0 Å². The third kappa shape index (κ3) is 2.89. The maximum atomic E-state index is 11.1. The molecule has 1 aliphatic rings. The number of nitro groups is 1. The van der Waals surface area contributed by atoms with Gasteiger partial charge in [0.2, 0.25) is 0 Å². The van der Waals surface area contributed by atoms with E-state index in [0.29, 0.717) is 18.3 Å². The minimum Gasteiger partial charge on any atom is -0.378 e. The Bertz CT molecular complexity index is 538. The van der Waals surface area contributed by atoms with Crippen LogP contribution in [0.3, 0.4) is 0 Å². The number of benzene rings is 1. The second-order valence-corrected chi connectivity index (χ2v) is 4.88. The number of hydrogen-bond donors (Lipinski definition) is 1. The van der Waals surface area contributed by atoms with E-state index < -0.39 is 4.92 Å². The molecular weight excluding hydrogens is 256 g/mol. The highest BCUT2D eigenvalue weighted by atomic mass is 16.6. The zero-order chi connectivity index (χ0) is 14.5. The van der Waals surface area contributed by atoms with Crippen molar-refractivity contribution in [2.75, 3.05) is 25.0 Å². The molecule has 0 aromatic heterocycles. The highest BCUT2D eigenvalue weighted by molar-refractivity contribution is 5.68. The van der Waals surface area contributed by atoms with E-state index in [0.717, 1.165) is 19.5 Å². The molecule has 0 bridgehead atoms. The molecule has 6 heteroatoms. The second-order valence-electron chi connectivity index (χ2n) is 4.88. The number of rotatable bonds is 5. The Kier molecular flexibility index (Phi) is 4.53. The van der Waals surface area contributed by atoms with Gasteiger partial charge in [-0.15, -0.1) is 0 Å². The molecule has 1 saturated heterocycles. The van der Waals surface area contributed by atoms with Crippen LogP contribution in [0.15, 0.2) is 18.2 Å². The molecule has 0 saturated carbocycles. The number of likely N-dealkylation sites (N-methyl/N-ethyl adjacent to an activating group) is 1. The lowest BCUT2D eigenvalue weighted by atomic mass is 10.1. The Morgan fingerprint density at radius 2 is 2.40 bits per heavy atom. The third-order valence-electron chi connectivity index (χ3n) is 3.77. The number of nitrogens with one attached hydrogen (secondary N) is 1. The number of hydrogen-bond acceptors (Lipinski definition) is 5. The summed E-state index contributed by atoms with van der Waals surface area (Å²) in [5.41, 5.74) is 0.395. The van der Waals surface area contributed by atoms with Crippen molar-refractivity contribution in [3.8, 4) is 6.07 Å². The SMILES string of the molecule is CCN1CCCC1CNc1cccc(C#N)c1[N+](=O)[O-]. The zero-order valence-electron chi connectivity index (χ0n) is 11.5. The number of nitro benzene ring substituents is 1. The molecule has 2 rings (SSSR count). The molecule has 6 nitrogen and oxygen atoms in total. The number of anilines is 1. The first-order valence-electron chi connectivity index (χ1n) is 6.82. The molecule has 1 aliphatic heterocycles. The van der Waals surface area contributed by atoms with Crippen LogP contribution in [0.1, 0.15) is 25.3 Å². The summed E-state index contributed by atoms with van der Waals surface area (Å²) in [4.78, 5) is 13.0. The highest BCUT2D eigenvalue weighted by Crippen LogP contribution is 2.28. The minimum atomic E-state index is -0.493. The number of nitrogens with zero attached hydrogens (tertiary/aromatic N) is 3. The van der Waals surface area contributed by atoms with Gasteiger partial charge in [-0.25, -0.2) is 0 Å². The summed E-state index contributed by atoms with van der Waals surface area (Å²) in [7, 11) is 0. The van der Waals surface area contributed by atoms with Gasteiger partial charge in [0.15, 0.2) is 0 Å². The Balaban J connectivity index is 2.14. The molecule has 20 heavy (non-hydrogen) atoms. The van der Waals surface area contributed by atoms with E-state index in [1.807, 2.05) is 6.07 Å². The number of likely N-dealkylation sites (tertiary alicyclic amines) is 1. The van der Waals surface area contributed by atoms with Crippen LogP contribution in [-0.2, 0) is 0 Å². The van der Waals surface area contributed by atoms with Crippen LogP contribution >= 0.6 is 0 Å². The summed E-state index contributed by atoms with van der Waals surface area (Å²) in [5, 5.41) is 23.2. The van der Waals surface area contributed by atoms with Crippen molar-refractivity contribution in [1.82, 2.24) is 4.90 Å². The first-order valence-corrected chi connectivity index (χ1v) is 6.82. The molecule has 106 valence electrons. The van der Waals surface area contributed by atoms with Gasteiger partial charge in [0.25, 0.3) is 0 Å². The lowest BCUT2D eigenvalue weighted by Gasteiger charge is -2.23. The van der Waals surface area contributed by atoms with Crippen molar-refractivity contribution in [2.45, 2.75) is 25.8 Å². The van der Waals surface area contributed by atoms with Crippen LogP contribution in [0.5, 0.6) is 0 Å². The molecule has 1 heterocycles. The second kappa shape index (κ2) is 6.35. The fourth-order valence-corrected chi connectivity index (χ4v) is 2.74. The Hall–Kier alpha value is -2.13. The van der Waals surface area contributed by atoms with Gasteiger partial charge in [-0.05, 0) is 38.1 Å². The van der Waals surface area contributed by atoms with Crippen molar-refractivity contribution >= 4 is 11.4 Å². The minimum absolute atomic E-state index is 0.0961. The summed E-state index contributed by atoms with van der Waals surface area (Å²) in [5.74, 6) is 0. The fourth-order valence-electron chi connectivity index (χ4n) is 2.74. The van der Waals surface area contributed by atoms with E-state index in [1.165, 1.54) is 12.5 Å². The predicted octanol–water partition coefficient (Wildman–Crippen LogP) is 2.36.